The lowest BCUT2D eigenvalue weighted by Gasteiger charge is -2.19. The summed E-state index contributed by atoms with van der Waals surface area (Å²) in [4.78, 5) is 10.3. The summed E-state index contributed by atoms with van der Waals surface area (Å²) in [7, 11) is -3.62. The first-order valence-electron chi connectivity index (χ1n) is 7.33. The lowest BCUT2D eigenvalue weighted by Crippen LogP contribution is -2.13. The van der Waals surface area contributed by atoms with Crippen LogP contribution in [0, 0.1) is 21.7 Å². The Morgan fingerprint density at radius 1 is 1.20 bits per heavy atom. The molecular formula is C16H16F2N2O4S. The lowest BCUT2D eigenvalue weighted by atomic mass is 10.0. The van der Waals surface area contributed by atoms with Crippen LogP contribution in [-0.2, 0) is 9.84 Å². The molecule has 1 unspecified atom stereocenters. The Hall–Kier alpha value is -2.55. The van der Waals surface area contributed by atoms with Gasteiger partial charge in [-0.05, 0) is 36.8 Å². The van der Waals surface area contributed by atoms with Crippen LogP contribution in [0.3, 0.4) is 0 Å². The van der Waals surface area contributed by atoms with Gasteiger partial charge in [-0.25, -0.2) is 17.2 Å². The van der Waals surface area contributed by atoms with Crippen LogP contribution >= 0.6 is 0 Å². The average molecular weight is 370 g/mol. The second-order valence-corrected chi connectivity index (χ2v) is 7.49. The van der Waals surface area contributed by atoms with Crippen molar-refractivity contribution < 1.29 is 22.1 Å². The van der Waals surface area contributed by atoms with E-state index in [0.717, 1.165) is 30.5 Å². The number of nitro benzene ring substituents is 1. The quantitative estimate of drug-likeness (QED) is 0.616. The van der Waals surface area contributed by atoms with Gasteiger partial charge < -0.3 is 5.32 Å². The van der Waals surface area contributed by atoms with Gasteiger partial charge in [-0.15, -0.1) is 0 Å². The van der Waals surface area contributed by atoms with Gasteiger partial charge >= 0.3 is 0 Å². The molecule has 0 amide bonds. The molecule has 2 aromatic carbocycles. The molecule has 6 nitrogen and oxygen atoms in total. The van der Waals surface area contributed by atoms with Gasteiger partial charge in [-0.3, -0.25) is 10.1 Å². The van der Waals surface area contributed by atoms with Crippen LogP contribution in [-0.4, -0.2) is 19.6 Å². The SMILES string of the molecule is CCC(Nc1ccc(S(C)(=O)=O)cc1[N+](=O)[O-])c1cc(F)ccc1F. The molecule has 25 heavy (non-hydrogen) atoms. The molecule has 0 aliphatic heterocycles. The van der Waals surface area contributed by atoms with Crippen molar-refractivity contribution in [2.24, 2.45) is 0 Å². The van der Waals surface area contributed by atoms with Crippen LogP contribution in [0.2, 0.25) is 0 Å². The molecule has 0 aromatic heterocycles. The molecule has 2 aromatic rings. The zero-order valence-electron chi connectivity index (χ0n) is 13.5. The second kappa shape index (κ2) is 7.14. The molecule has 9 heteroatoms. The van der Waals surface area contributed by atoms with Gasteiger partial charge in [-0.2, -0.15) is 0 Å². The Morgan fingerprint density at radius 2 is 1.88 bits per heavy atom. The summed E-state index contributed by atoms with van der Waals surface area (Å²) in [6, 6.07) is 5.66. The maximum atomic E-state index is 14.0. The van der Waals surface area contributed by atoms with Gasteiger partial charge in [0.25, 0.3) is 5.69 Å². The minimum Gasteiger partial charge on any atom is -0.373 e. The predicted molar refractivity (Wildman–Crippen MR) is 89.2 cm³/mol. The summed E-state index contributed by atoms with van der Waals surface area (Å²) in [5.74, 6) is -1.27. The third-order valence-corrected chi connectivity index (χ3v) is 4.78. The van der Waals surface area contributed by atoms with Gasteiger partial charge in [0.15, 0.2) is 9.84 Å². The average Bonchev–Trinajstić information content (AvgIpc) is 2.54. The highest BCUT2D eigenvalue weighted by Crippen LogP contribution is 2.32. The van der Waals surface area contributed by atoms with E-state index in [9.17, 15) is 27.3 Å². The van der Waals surface area contributed by atoms with Crippen LogP contribution in [0.4, 0.5) is 20.2 Å². The maximum Gasteiger partial charge on any atom is 0.293 e. The van der Waals surface area contributed by atoms with Crippen LogP contribution in [0.5, 0.6) is 0 Å². The van der Waals surface area contributed by atoms with Crippen molar-refractivity contribution in [3.05, 3.63) is 63.7 Å². The van der Waals surface area contributed by atoms with E-state index in [1.807, 2.05) is 0 Å². The van der Waals surface area contributed by atoms with Gasteiger partial charge in [-0.1, -0.05) is 6.92 Å². The first kappa shape index (κ1) is 18.8. The zero-order valence-corrected chi connectivity index (χ0v) is 14.3. The lowest BCUT2D eigenvalue weighted by molar-refractivity contribution is -0.384. The third-order valence-electron chi connectivity index (χ3n) is 3.67. The largest absolute Gasteiger partial charge is 0.373 e. The fourth-order valence-corrected chi connectivity index (χ4v) is 3.03. The van der Waals surface area contributed by atoms with E-state index in [1.54, 1.807) is 6.92 Å². The van der Waals surface area contributed by atoms with Crippen molar-refractivity contribution in [3.8, 4) is 0 Å². The molecule has 1 N–H and O–H groups in total. The summed E-state index contributed by atoms with van der Waals surface area (Å²) in [5.41, 5.74) is -0.407. The molecule has 0 fully saturated rings. The summed E-state index contributed by atoms with van der Waals surface area (Å²) < 4.78 is 50.5. The molecule has 0 saturated carbocycles. The van der Waals surface area contributed by atoms with E-state index >= 15 is 0 Å². The molecule has 0 radical (unpaired) electrons. The van der Waals surface area contributed by atoms with Crippen molar-refractivity contribution in [1.29, 1.82) is 0 Å². The Labute approximate surface area is 143 Å². The Balaban J connectivity index is 2.47. The van der Waals surface area contributed by atoms with Crippen LogP contribution in [0.25, 0.3) is 0 Å². The van der Waals surface area contributed by atoms with E-state index < -0.39 is 38.1 Å². The Kier molecular flexibility index (Phi) is 5.36. The van der Waals surface area contributed by atoms with Crippen molar-refractivity contribution >= 4 is 21.2 Å². The van der Waals surface area contributed by atoms with Crippen LogP contribution < -0.4 is 5.32 Å². The number of hydrogen-bond donors (Lipinski definition) is 1. The maximum absolute atomic E-state index is 14.0. The summed E-state index contributed by atoms with van der Waals surface area (Å²) >= 11 is 0. The number of sulfone groups is 1. The van der Waals surface area contributed by atoms with E-state index in [1.165, 1.54) is 12.1 Å². The Morgan fingerprint density at radius 3 is 2.44 bits per heavy atom. The molecule has 134 valence electrons. The number of nitro groups is 1. The van der Waals surface area contributed by atoms with Crippen molar-refractivity contribution in [1.82, 2.24) is 0 Å². The normalized spacial score (nSPS) is 12.6. The number of nitrogens with zero attached hydrogens (tertiary/aromatic N) is 1. The number of nitrogens with one attached hydrogen (secondary N) is 1. The van der Waals surface area contributed by atoms with Crippen molar-refractivity contribution in [2.45, 2.75) is 24.3 Å². The minimum absolute atomic E-state index is 0.0212. The molecule has 0 aliphatic carbocycles. The summed E-state index contributed by atoms with van der Waals surface area (Å²) in [6.45, 7) is 1.71. The predicted octanol–water partition coefficient (Wildman–Crippen LogP) is 3.84. The third kappa shape index (κ3) is 4.30. The fourth-order valence-electron chi connectivity index (χ4n) is 2.38. The highest BCUT2D eigenvalue weighted by molar-refractivity contribution is 7.90. The van der Waals surface area contributed by atoms with Crippen LogP contribution in [0.1, 0.15) is 24.9 Å². The second-order valence-electron chi connectivity index (χ2n) is 5.48. The Bertz CT molecular complexity index is 916. The molecular weight excluding hydrogens is 354 g/mol. The number of halogens is 2. The first-order valence-corrected chi connectivity index (χ1v) is 9.22. The molecule has 2 rings (SSSR count). The number of benzene rings is 2. The van der Waals surface area contributed by atoms with E-state index in [-0.39, 0.29) is 16.1 Å². The van der Waals surface area contributed by atoms with Gasteiger partial charge in [0.05, 0.1) is 15.9 Å². The van der Waals surface area contributed by atoms with E-state index in [4.69, 9.17) is 0 Å². The number of rotatable bonds is 6. The fraction of sp³-hybridized carbons (Fsp3) is 0.250. The smallest absolute Gasteiger partial charge is 0.293 e. The highest BCUT2D eigenvalue weighted by Gasteiger charge is 2.22. The van der Waals surface area contributed by atoms with E-state index in [2.05, 4.69) is 5.32 Å². The highest BCUT2D eigenvalue weighted by atomic mass is 32.2. The standard InChI is InChI=1S/C16H16F2N2O4S/c1-3-14(12-8-10(17)4-6-13(12)18)19-15-7-5-11(25(2,23)24)9-16(15)20(21)22/h4-9,14,19H,3H2,1-2H3. The number of anilines is 1. The van der Waals surface area contributed by atoms with Crippen molar-refractivity contribution in [3.63, 3.8) is 0 Å². The zero-order chi connectivity index (χ0) is 18.8. The van der Waals surface area contributed by atoms with Crippen molar-refractivity contribution in [2.75, 3.05) is 11.6 Å². The molecule has 0 bridgehead atoms. The number of hydrogen-bond acceptors (Lipinski definition) is 5. The molecule has 0 aliphatic rings. The topological polar surface area (TPSA) is 89.3 Å². The monoisotopic (exact) mass is 370 g/mol. The van der Waals surface area contributed by atoms with E-state index in [0.29, 0.717) is 6.42 Å². The summed E-state index contributed by atoms with van der Waals surface area (Å²) in [5, 5.41) is 14.1. The summed E-state index contributed by atoms with van der Waals surface area (Å²) in [6.07, 6.45) is 1.27. The molecule has 0 spiro atoms. The molecule has 1 atom stereocenters. The first-order chi connectivity index (χ1) is 11.6. The minimum atomic E-state index is -3.62. The van der Waals surface area contributed by atoms with Gasteiger partial charge in [0.1, 0.15) is 17.3 Å². The van der Waals surface area contributed by atoms with Crippen LogP contribution in [0.15, 0.2) is 41.3 Å². The van der Waals surface area contributed by atoms with Gasteiger partial charge in [0, 0.05) is 17.9 Å². The van der Waals surface area contributed by atoms with Gasteiger partial charge in [0.2, 0.25) is 0 Å². The molecule has 0 saturated heterocycles. The molecule has 0 heterocycles.